The maximum atomic E-state index is 14.2. The Hall–Kier alpha value is -4.74. The highest BCUT2D eigenvalue weighted by Crippen LogP contribution is 2.47. The molecule has 5 heterocycles. The number of allylic oxidation sites excluding steroid dienone is 2. The van der Waals surface area contributed by atoms with Crippen LogP contribution in [0.2, 0.25) is 0 Å². The Labute approximate surface area is 300 Å². The number of ether oxygens (including phenoxy) is 2. The van der Waals surface area contributed by atoms with E-state index in [2.05, 4.69) is 31.7 Å². The summed E-state index contributed by atoms with van der Waals surface area (Å²) in [5.74, 6) is -0.336. The number of alkyl halides is 3. The molecule has 4 aromatic rings. The van der Waals surface area contributed by atoms with E-state index in [0.717, 1.165) is 47.9 Å². The minimum atomic E-state index is -2.93. The van der Waals surface area contributed by atoms with Gasteiger partial charge in [-0.1, -0.05) is 61.2 Å². The van der Waals surface area contributed by atoms with Crippen LogP contribution in [-0.2, 0) is 21.6 Å². The Bertz CT molecular complexity index is 2060. The summed E-state index contributed by atoms with van der Waals surface area (Å²) < 4.78 is 39.6. The van der Waals surface area contributed by atoms with Gasteiger partial charge in [-0.2, -0.15) is 0 Å². The minimum absolute atomic E-state index is 0.0783. The molecule has 9 nitrogen and oxygen atoms in total. The number of anilines is 1. The van der Waals surface area contributed by atoms with Gasteiger partial charge in [-0.3, -0.25) is 14.7 Å². The van der Waals surface area contributed by atoms with Crippen molar-refractivity contribution in [1.82, 2.24) is 24.8 Å². The number of aryl methyl sites for hydroxylation is 1. The van der Waals surface area contributed by atoms with Crippen LogP contribution < -0.4 is 10.1 Å². The third-order valence-electron chi connectivity index (χ3n) is 10.6. The zero-order valence-corrected chi connectivity index (χ0v) is 29.5. The first-order valence-corrected chi connectivity index (χ1v) is 17.4. The molecule has 1 N–H and O–H groups in total. The molecule has 264 valence electrons. The lowest BCUT2D eigenvalue weighted by Crippen LogP contribution is -2.56. The van der Waals surface area contributed by atoms with Crippen molar-refractivity contribution >= 4 is 46.1 Å². The number of carbonyl (C=O) groups excluding carboxylic acids is 1. The molecule has 1 aromatic carbocycles. The molecule has 3 fully saturated rings. The summed E-state index contributed by atoms with van der Waals surface area (Å²) in [6.45, 7) is 6.92. The predicted molar refractivity (Wildman–Crippen MR) is 194 cm³/mol. The van der Waals surface area contributed by atoms with Crippen molar-refractivity contribution in [3.05, 3.63) is 107 Å². The molecule has 51 heavy (non-hydrogen) atoms. The molecule has 4 aliphatic rings. The van der Waals surface area contributed by atoms with E-state index in [1.807, 2.05) is 61.5 Å². The quantitative estimate of drug-likeness (QED) is 0.130. The molecule has 0 spiro atoms. The van der Waals surface area contributed by atoms with Crippen molar-refractivity contribution < 1.29 is 23.0 Å². The second kappa shape index (κ2) is 13.8. The summed E-state index contributed by atoms with van der Waals surface area (Å²) in [7, 11) is 3.02. The number of carbonyl (C=O) groups is 1. The van der Waals surface area contributed by atoms with E-state index in [-0.39, 0.29) is 22.8 Å². The van der Waals surface area contributed by atoms with Crippen molar-refractivity contribution in [2.24, 2.45) is 5.41 Å². The predicted octanol–water partition coefficient (Wildman–Crippen LogP) is 7.80. The number of aromatic nitrogens is 4. The first-order chi connectivity index (χ1) is 24.6. The Morgan fingerprint density at radius 1 is 1.16 bits per heavy atom. The number of fused-ring (bicyclic) bond motifs is 4. The van der Waals surface area contributed by atoms with Gasteiger partial charge in [0, 0.05) is 30.9 Å². The summed E-state index contributed by atoms with van der Waals surface area (Å²) in [6.07, 6.45) is 9.39. The molecule has 2 unspecified atom stereocenters. The highest BCUT2D eigenvalue weighted by molar-refractivity contribution is 6.28. The first-order valence-electron chi connectivity index (χ1n) is 16.9. The van der Waals surface area contributed by atoms with Gasteiger partial charge in [0.05, 0.1) is 36.2 Å². The zero-order valence-electron chi connectivity index (χ0n) is 28.7. The number of pyridine rings is 2. The SMILES string of the molecule is C=Cc1cnc2c(NC3(c4ccc(CN5CC6(C(=O)OC)CCC5CC6)c(OC)n4)C=CC=C(c4ccccc4C)C3Cl)nc(C(F)F)nc2c1. The zero-order chi connectivity index (χ0) is 35.9. The van der Waals surface area contributed by atoms with Crippen LogP contribution in [-0.4, -0.2) is 63.0 Å². The number of halogens is 3. The number of hydrogen-bond donors (Lipinski definition) is 1. The van der Waals surface area contributed by atoms with Crippen molar-refractivity contribution in [2.75, 3.05) is 26.1 Å². The number of rotatable bonds is 10. The van der Waals surface area contributed by atoms with E-state index in [1.54, 1.807) is 25.4 Å². The topological polar surface area (TPSA) is 102 Å². The fraction of sp³-hybridized carbons (Fsp3) is 0.359. The van der Waals surface area contributed by atoms with Gasteiger partial charge in [0.2, 0.25) is 5.88 Å². The monoisotopic (exact) mass is 712 g/mol. The third kappa shape index (κ3) is 6.16. The minimum Gasteiger partial charge on any atom is -0.481 e. The van der Waals surface area contributed by atoms with Gasteiger partial charge in [-0.05, 0) is 67.0 Å². The Morgan fingerprint density at radius 3 is 2.65 bits per heavy atom. The Morgan fingerprint density at radius 2 is 1.94 bits per heavy atom. The van der Waals surface area contributed by atoms with Crippen LogP contribution in [0.1, 0.15) is 65.9 Å². The fourth-order valence-electron chi connectivity index (χ4n) is 7.85. The molecule has 2 aliphatic carbocycles. The number of nitrogens with one attached hydrogen (secondary N) is 1. The highest BCUT2D eigenvalue weighted by Gasteiger charge is 2.50. The Kier molecular flexibility index (Phi) is 9.36. The van der Waals surface area contributed by atoms with Gasteiger partial charge < -0.3 is 14.8 Å². The van der Waals surface area contributed by atoms with Gasteiger partial charge in [0.25, 0.3) is 6.43 Å². The van der Waals surface area contributed by atoms with Gasteiger partial charge >= 0.3 is 5.97 Å². The normalized spacial score (nSPS) is 24.4. The van der Waals surface area contributed by atoms with Crippen molar-refractivity contribution in [3.63, 3.8) is 0 Å². The second-order valence-electron chi connectivity index (χ2n) is 13.5. The molecule has 0 radical (unpaired) electrons. The van der Waals surface area contributed by atoms with Gasteiger partial charge in [0.15, 0.2) is 11.6 Å². The molecule has 12 heteroatoms. The van der Waals surface area contributed by atoms with Crippen LogP contribution in [0.3, 0.4) is 0 Å². The maximum absolute atomic E-state index is 14.2. The standard InChI is InChI=1S/C39H39ClF2N6O3/c1-5-24-19-29-31(43-20-24)34(46-35(44-29)33(41)42)47-39(16-8-11-28(32(39)40)27-10-7-6-9-23(27)2)30-13-12-25(36(45-30)50-3)21-48-22-38(37(49)51-4)17-14-26(48)15-18-38/h5-13,16,19-20,26,32-33H,1,14-15,17-18,21-22H2,2-4H3,(H,44,46,47). The largest absolute Gasteiger partial charge is 0.481 e. The van der Waals surface area contributed by atoms with Crippen LogP contribution in [0.4, 0.5) is 14.6 Å². The van der Waals surface area contributed by atoms with Crippen molar-refractivity contribution in [3.8, 4) is 5.88 Å². The molecular weight excluding hydrogens is 674 g/mol. The molecule has 8 rings (SSSR count). The number of methoxy groups -OCH3 is 2. The van der Waals surface area contributed by atoms with Crippen LogP contribution in [0.5, 0.6) is 5.88 Å². The van der Waals surface area contributed by atoms with Crippen LogP contribution >= 0.6 is 11.6 Å². The highest BCUT2D eigenvalue weighted by atomic mass is 35.5. The van der Waals surface area contributed by atoms with Gasteiger partial charge in [0.1, 0.15) is 11.1 Å². The second-order valence-corrected chi connectivity index (χ2v) is 13.9. The molecule has 1 saturated carbocycles. The molecule has 3 aromatic heterocycles. The number of esters is 1. The average Bonchev–Trinajstić information content (AvgIpc) is 3.15. The van der Waals surface area contributed by atoms with Crippen molar-refractivity contribution in [2.45, 2.75) is 62.5 Å². The molecule has 0 amide bonds. The average molecular weight is 713 g/mol. The summed E-state index contributed by atoms with van der Waals surface area (Å²) in [4.78, 5) is 33.2. The number of piperidine rings is 2. The molecule has 2 atom stereocenters. The van der Waals surface area contributed by atoms with Gasteiger partial charge in [-0.25, -0.2) is 23.7 Å². The third-order valence-corrected chi connectivity index (χ3v) is 11.2. The smallest absolute Gasteiger partial charge is 0.313 e. The Balaban J connectivity index is 1.33. The lowest BCUT2D eigenvalue weighted by Gasteiger charge is -2.51. The molecule has 2 aliphatic heterocycles. The molecular formula is C39H39ClF2N6O3. The number of benzene rings is 1. The molecule has 2 bridgehead atoms. The van der Waals surface area contributed by atoms with E-state index in [0.29, 0.717) is 36.3 Å². The van der Waals surface area contributed by atoms with Crippen LogP contribution in [0.25, 0.3) is 22.7 Å². The van der Waals surface area contributed by atoms with Crippen LogP contribution in [0.15, 0.2) is 73.5 Å². The lowest BCUT2D eigenvalue weighted by molar-refractivity contribution is -0.163. The summed E-state index contributed by atoms with van der Waals surface area (Å²) in [5.41, 5.74) is 3.42. The summed E-state index contributed by atoms with van der Waals surface area (Å²) in [5, 5.41) is 2.65. The van der Waals surface area contributed by atoms with Gasteiger partial charge in [-0.15, -0.1) is 11.6 Å². The first kappa shape index (κ1) is 34.7. The fourth-order valence-corrected chi connectivity index (χ4v) is 8.28. The molecule has 2 saturated heterocycles. The van der Waals surface area contributed by atoms with Crippen LogP contribution in [0, 0.1) is 12.3 Å². The number of hydrogen-bond acceptors (Lipinski definition) is 9. The van der Waals surface area contributed by atoms with E-state index < -0.39 is 28.6 Å². The van der Waals surface area contributed by atoms with E-state index in [1.165, 1.54) is 7.11 Å². The summed E-state index contributed by atoms with van der Waals surface area (Å²) in [6, 6.07) is 13.7. The van der Waals surface area contributed by atoms with E-state index in [9.17, 15) is 13.6 Å². The summed E-state index contributed by atoms with van der Waals surface area (Å²) >= 11 is 7.55. The maximum Gasteiger partial charge on any atom is 0.313 e. The van der Waals surface area contributed by atoms with E-state index in [4.69, 9.17) is 26.1 Å². The lowest BCUT2D eigenvalue weighted by atomic mass is 9.67. The van der Waals surface area contributed by atoms with E-state index >= 15 is 0 Å². The van der Waals surface area contributed by atoms with Crippen molar-refractivity contribution in [1.29, 1.82) is 0 Å². The number of nitrogens with zero attached hydrogens (tertiary/aromatic N) is 5.